The molecule has 0 saturated heterocycles. The van der Waals surface area contributed by atoms with Gasteiger partial charge in [-0.2, -0.15) is 5.10 Å². The number of aryl methyl sites for hydroxylation is 1. The molecule has 0 aliphatic heterocycles. The molecule has 4 N–H and O–H groups in total. The first-order valence-corrected chi connectivity index (χ1v) is 7.66. The number of benzene rings is 1. The summed E-state index contributed by atoms with van der Waals surface area (Å²) in [5.41, 5.74) is 8.87. The summed E-state index contributed by atoms with van der Waals surface area (Å²) < 4.78 is 0. The zero-order valence-electron chi connectivity index (χ0n) is 12.1. The molecular formula is C16H20N4O. The van der Waals surface area contributed by atoms with Gasteiger partial charge < -0.3 is 11.1 Å². The Labute approximate surface area is 123 Å². The summed E-state index contributed by atoms with van der Waals surface area (Å²) in [5, 5.41) is 11.3. The first kappa shape index (κ1) is 12.8. The molecule has 2 aromatic rings. The molecule has 4 rings (SSSR count). The van der Waals surface area contributed by atoms with Gasteiger partial charge in [-0.3, -0.25) is 9.89 Å². The van der Waals surface area contributed by atoms with Crippen LogP contribution in [0.4, 0.5) is 5.69 Å². The second kappa shape index (κ2) is 4.56. The second-order valence-electron chi connectivity index (χ2n) is 6.43. The fourth-order valence-corrected chi connectivity index (χ4v) is 3.96. The first-order chi connectivity index (χ1) is 10.1. The Bertz CT molecular complexity index is 707. The van der Waals surface area contributed by atoms with Crippen LogP contribution in [0.3, 0.4) is 0 Å². The van der Waals surface area contributed by atoms with Gasteiger partial charge in [0.15, 0.2) is 0 Å². The lowest BCUT2D eigenvalue weighted by atomic mass is 9.96. The third-order valence-corrected chi connectivity index (χ3v) is 5.11. The highest BCUT2D eigenvalue weighted by Crippen LogP contribution is 2.55. The van der Waals surface area contributed by atoms with Crippen LogP contribution in [0.5, 0.6) is 0 Å². The van der Waals surface area contributed by atoms with Crippen molar-refractivity contribution >= 4 is 22.5 Å². The molecule has 0 bridgehead atoms. The largest absolute Gasteiger partial charge is 0.327 e. The number of nitrogens with one attached hydrogen (secondary N) is 2. The molecule has 0 radical (unpaired) electrons. The third-order valence-electron chi connectivity index (χ3n) is 5.11. The number of anilines is 1. The number of fused-ring (bicyclic) bond motifs is 2. The van der Waals surface area contributed by atoms with E-state index in [2.05, 4.69) is 15.5 Å². The van der Waals surface area contributed by atoms with Gasteiger partial charge in [0, 0.05) is 28.7 Å². The Kier molecular flexibility index (Phi) is 2.79. The predicted molar refractivity (Wildman–Crippen MR) is 81.8 cm³/mol. The van der Waals surface area contributed by atoms with Crippen LogP contribution in [-0.2, 0) is 4.79 Å². The maximum Gasteiger partial charge on any atom is 0.228 e. The predicted octanol–water partition coefficient (Wildman–Crippen LogP) is 2.18. The lowest BCUT2D eigenvalue weighted by Crippen LogP contribution is -2.27. The minimum atomic E-state index is 0.110. The number of aromatic amines is 1. The van der Waals surface area contributed by atoms with E-state index in [0.29, 0.717) is 11.8 Å². The summed E-state index contributed by atoms with van der Waals surface area (Å²) >= 11 is 0. The van der Waals surface area contributed by atoms with Gasteiger partial charge in [-0.1, -0.05) is 6.42 Å². The molecule has 2 aliphatic carbocycles. The number of nitrogens with zero attached hydrogens (tertiary/aromatic N) is 1. The molecule has 1 aromatic heterocycles. The van der Waals surface area contributed by atoms with E-state index in [4.69, 9.17) is 5.73 Å². The van der Waals surface area contributed by atoms with Gasteiger partial charge in [0.05, 0.1) is 5.52 Å². The number of amides is 1. The van der Waals surface area contributed by atoms with Gasteiger partial charge in [0.25, 0.3) is 0 Å². The number of hydrogen-bond acceptors (Lipinski definition) is 3. The highest BCUT2D eigenvalue weighted by atomic mass is 16.2. The van der Waals surface area contributed by atoms with E-state index in [1.165, 1.54) is 0 Å². The summed E-state index contributed by atoms with van der Waals surface area (Å²) in [6.45, 7) is 1.99. The van der Waals surface area contributed by atoms with Crippen LogP contribution in [0.1, 0.15) is 25.0 Å². The fraction of sp³-hybridized carbons (Fsp3) is 0.500. The Morgan fingerprint density at radius 1 is 1.43 bits per heavy atom. The molecule has 21 heavy (non-hydrogen) atoms. The van der Waals surface area contributed by atoms with Crippen LogP contribution in [-0.4, -0.2) is 22.1 Å². The standard InChI is InChI=1S/C16H20N4O/c1-8-10-6-5-9(7-13(10)20-19-8)18-16(21)15-11-3-2-4-12(17)14(11)15/h5-7,11-12,14-15H,2-4,17H2,1H3,(H,18,21)(H,19,20). The summed E-state index contributed by atoms with van der Waals surface area (Å²) in [7, 11) is 0. The quantitative estimate of drug-likeness (QED) is 0.790. The van der Waals surface area contributed by atoms with Gasteiger partial charge in [0.1, 0.15) is 0 Å². The lowest BCUT2D eigenvalue weighted by molar-refractivity contribution is -0.117. The van der Waals surface area contributed by atoms with Crippen LogP contribution in [0.2, 0.25) is 0 Å². The van der Waals surface area contributed by atoms with Gasteiger partial charge in [-0.25, -0.2) is 0 Å². The Hall–Kier alpha value is -1.88. The maximum absolute atomic E-state index is 12.4. The summed E-state index contributed by atoms with van der Waals surface area (Å²) in [6, 6.07) is 6.06. The molecule has 1 aromatic carbocycles. The topological polar surface area (TPSA) is 83.8 Å². The van der Waals surface area contributed by atoms with E-state index in [0.717, 1.165) is 41.5 Å². The molecule has 110 valence electrons. The minimum absolute atomic E-state index is 0.110. The van der Waals surface area contributed by atoms with Gasteiger partial charge in [0.2, 0.25) is 5.91 Å². The molecule has 4 unspecified atom stereocenters. The molecule has 2 aliphatic rings. The van der Waals surface area contributed by atoms with E-state index < -0.39 is 0 Å². The molecule has 5 nitrogen and oxygen atoms in total. The van der Waals surface area contributed by atoms with Gasteiger partial charge >= 0.3 is 0 Å². The van der Waals surface area contributed by atoms with Crippen molar-refractivity contribution < 1.29 is 4.79 Å². The number of carbonyl (C=O) groups excluding carboxylic acids is 1. The van der Waals surface area contributed by atoms with Crippen molar-refractivity contribution in [2.24, 2.45) is 23.5 Å². The summed E-state index contributed by atoms with van der Waals surface area (Å²) in [6.07, 6.45) is 3.36. The molecule has 2 saturated carbocycles. The van der Waals surface area contributed by atoms with Crippen molar-refractivity contribution in [1.29, 1.82) is 0 Å². The SMILES string of the molecule is Cc1[nH]nc2cc(NC(=O)C3C4CCCC(N)C43)ccc12. The number of rotatable bonds is 2. The fourth-order valence-electron chi connectivity index (χ4n) is 3.96. The highest BCUT2D eigenvalue weighted by molar-refractivity contribution is 5.97. The summed E-state index contributed by atoms with van der Waals surface area (Å²) in [5.74, 6) is 1.13. The van der Waals surface area contributed by atoms with Crippen LogP contribution < -0.4 is 11.1 Å². The van der Waals surface area contributed by atoms with Crippen LogP contribution >= 0.6 is 0 Å². The van der Waals surface area contributed by atoms with Crippen molar-refractivity contribution in [3.63, 3.8) is 0 Å². The molecule has 1 heterocycles. The molecule has 0 spiro atoms. The highest BCUT2D eigenvalue weighted by Gasteiger charge is 2.58. The zero-order valence-corrected chi connectivity index (χ0v) is 12.1. The number of hydrogen-bond donors (Lipinski definition) is 3. The van der Waals surface area contributed by atoms with E-state index in [1.807, 2.05) is 25.1 Å². The van der Waals surface area contributed by atoms with Crippen molar-refractivity contribution in [2.45, 2.75) is 32.2 Å². The monoisotopic (exact) mass is 284 g/mol. The first-order valence-electron chi connectivity index (χ1n) is 7.66. The smallest absolute Gasteiger partial charge is 0.228 e. The van der Waals surface area contributed by atoms with Crippen molar-refractivity contribution in [3.05, 3.63) is 23.9 Å². The molecule has 1 amide bonds. The number of nitrogens with two attached hydrogens (primary N) is 1. The summed E-state index contributed by atoms with van der Waals surface area (Å²) in [4.78, 5) is 12.4. The van der Waals surface area contributed by atoms with Crippen LogP contribution in [0.15, 0.2) is 18.2 Å². The third kappa shape index (κ3) is 2.03. The number of aromatic nitrogens is 2. The number of carbonyl (C=O) groups is 1. The average Bonchev–Trinajstić information content (AvgIpc) is 3.11. The van der Waals surface area contributed by atoms with E-state index in [1.54, 1.807) is 0 Å². The van der Waals surface area contributed by atoms with Crippen molar-refractivity contribution in [2.75, 3.05) is 5.32 Å². The lowest BCUT2D eigenvalue weighted by Gasteiger charge is -2.15. The molecule has 2 fully saturated rings. The Balaban J connectivity index is 1.51. The van der Waals surface area contributed by atoms with Crippen LogP contribution in [0.25, 0.3) is 10.9 Å². The van der Waals surface area contributed by atoms with E-state index in [-0.39, 0.29) is 17.9 Å². The molecule has 4 atom stereocenters. The van der Waals surface area contributed by atoms with Gasteiger partial charge in [-0.05, 0) is 49.8 Å². The Morgan fingerprint density at radius 2 is 2.29 bits per heavy atom. The average molecular weight is 284 g/mol. The van der Waals surface area contributed by atoms with Crippen LogP contribution in [0, 0.1) is 24.7 Å². The molecule has 5 heteroatoms. The van der Waals surface area contributed by atoms with Crippen molar-refractivity contribution in [3.8, 4) is 0 Å². The normalized spacial score (nSPS) is 31.0. The minimum Gasteiger partial charge on any atom is -0.327 e. The Morgan fingerprint density at radius 3 is 3.10 bits per heavy atom. The molecular weight excluding hydrogens is 264 g/mol. The second-order valence-corrected chi connectivity index (χ2v) is 6.43. The van der Waals surface area contributed by atoms with E-state index in [9.17, 15) is 4.79 Å². The van der Waals surface area contributed by atoms with E-state index >= 15 is 0 Å². The maximum atomic E-state index is 12.4. The van der Waals surface area contributed by atoms with Crippen molar-refractivity contribution in [1.82, 2.24) is 10.2 Å². The number of H-pyrrole nitrogens is 1. The zero-order chi connectivity index (χ0) is 14.6. The van der Waals surface area contributed by atoms with Gasteiger partial charge in [-0.15, -0.1) is 0 Å².